The van der Waals surface area contributed by atoms with Gasteiger partial charge in [0.2, 0.25) is 0 Å². The molecule has 0 fully saturated rings. The van der Waals surface area contributed by atoms with Crippen LogP contribution < -0.4 is 0 Å². The van der Waals surface area contributed by atoms with Crippen molar-refractivity contribution in [3.63, 3.8) is 0 Å². The van der Waals surface area contributed by atoms with Crippen LogP contribution in [0.25, 0.3) is 0 Å². The summed E-state index contributed by atoms with van der Waals surface area (Å²) in [5, 5.41) is 0. The molecule has 18 heavy (non-hydrogen) atoms. The number of allylic oxidation sites excluding steroid dienone is 1. The SMILES string of the molecule is COC1(Br)C=CC(OCc2ccc(C)cc2)=CC1. The highest BCUT2D eigenvalue weighted by molar-refractivity contribution is 9.10. The highest BCUT2D eigenvalue weighted by atomic mass is 79.9. The van der Waals surface area contributed by atoms with Crippen LogP contribution in [0.4, 0.5) is 0 Å². The molecular formula is C15H17BrO2. The first-order valence-electron chi connectivity index (χ1n) is 5.93. The second-order valence-electron chi connectivity index (χ2n) is 4.41. The van der Waals surface area contributed by atoms with Gasteiger partial charge < -0.3 is 9.47 Å². The normalized spacial score (nSPS) is 22.7. The minimum absolute atomic E-state index is 0.371. The number of methoxy groups -OCH3 is 1. The molecule has 1 unspecified atom stereocenters. The smallest absolute Gasteiger partial charge is 0.144 e. The van der Waals surface area contributed by atoms with Crippen molar-refractivity contribution in [3.8, 4) is 0 Å². The van der Waals surface area contributed by atoms with Gasteiger partial charge in [0.1, 0.15) is 16.9 Å². The first-order valence-corrected chi connectivity index (χ1v) is 6.72. The summed E-state index contributed by atoms with van der Waals surface area (Å²) < 4.78 is 10.7. The minimum Gasteiger partial charge on any atom is -0.489 e. The van der Waals surface area contributed by atoms with Crippen molar-refractivity contribution in [1.29, 1.82) is 0 Å². The average molecular weight is 309 g/mol. The van der Waals surface area contributed by atoms with Crippen LogP contribution in [0.1, 0.15) is 17.5 Å². The van der Waals surface area contributed by atoms with E-state index >= 15 is 0 Å². The predicted molar refractivity (Wildman–Crippen MR) is 76.5 cm³/mol. The third kappa shape index (κ3) is 3.47. The van der Waals surface area contributed by atoms with Gasteiger partial charge >= 0.3 is 0 Å². The summed E-state index contributed by atoms with van der Waals surface area (Å²) in [5.41, 5.74) is 2.44. The van der Waals surface area contributed by atoms with E-state index in [4.69, 9.17) is 9.47 Å². The maximum absolute atomic E-state index is 5.74. The number of hydrogen-bond acceptors (Lipinski definition) is 2. The quantitative estimate of drug-likeness (QED) is 0.780. The van der Waals surface area contributed by atoms with Crippen molar-refractivity contribution >= 4 is 15.9 Å². The Hall–Kier alpha value is -1.06. The molecule has 0 amide bonds. The van der Waals surface area contributed by atoms with Gasteiger partial charge in [-0.2, -0.15) is 0 Å². The van der Waals surface area contributed by atoms with Crippen LogP contribution in [-0.2, 0) is 16.1 Å². The van der Waals surface area contributed by atoms with Gasteiger partial charge in [0, 0.05) is 13.5 Å². The number of rotatable bonds is 4. The molecule has 1 aliphatic rings. The second kappa shape index (κ2) is 5.72. The van der Waals surface area contributed by atoms with Gasteiger partial charge in [-0.05, 0) is 46.6 Å². The van der Waals surface area contributed by atoms with E-state index in [0.29, 0.717) is 6.61 Å². The van der Waals surface area contributed by atoms with E-state index in [2.05, 4.69) is 47.1 Å². The van der Waals surface area contributed by atoms with Gasteiger partial charge in [-0.3, -0.25) is 0 Å². The molecule has 0 radical (unpaired) electrons. The standard InChI is InChI=1S/C15H17BrO2/c1-12-3-5-13(6-4-12)11-18-14-7-9-15(16,17-2)10-8-14/h3-9H,10-11H2,1-2H3. The molecule has 0 spiro atoms. The lowest BCUT2D eigenvalue weighted by Gasteiger charge is -2.24. The fraction of sp³-hybridized carbons (Fsp3) is 0.333. The van der Waals surface area contributed by atoms with Gasteiger partial charge in [-0.25, -0.2) is 0 Å². The lowest BCUT2D eigenvalue weighted by molar-refractivity contribution is 0.114. The predicted octanol–water partition coefficient (Wildman–Crippen LogP) is 4.09. The van der Waals surface area contributed by atoms with Crippen LogP contribution in [0.15, 0.2) is 48.3 Å². The van der Waals surface area contributed by atoms with Crippen molar-refractivity contribution in [1.82, 2.24) is 0 Å². The van der Waals surface area contributed by atoms with E-state index in [0.717, 1.165) is 12.2 Å². The van der Waals surface area contributed by atoms with Crippen LogP contribution in [0.3, 0.4) is 0 Å². The highest BCUT2D eigenvalue weighted by Gasteiger charge is 2.24. The molecule has 0 N–H and O–H groups in total. The Kier molecular flexibility index (Phi) is 4.25. The van der Waals surface area contributed by atoms with Gasteiger partial charge in [0.05, 0.1) is 0 Å². The Labute approximate surface area is 116 Å². The van der Waals surface area contributed by atoms with Gasteiger partial charge in [-0.15, -0.1) is 0 Å². The van der Waals surface area contributed by atoms with Crippen molar-refractivity contribution in [2.75, 3.05) is 7.11 Å². The molecule has 0 aliphatic heterocycles. The van der Waals surface area contributed by atoms with Crippen LogP contribution in [-0.4, -0.2) is 11.6 Å². The third-order valence-electron chi connectivity index (χ3n) is 2.94. The largest absolute Gasteiger partial charge is 0.489 e. The summed E-state index contributed by atoms with van der Waals surface area (Å²) >= 11 is 3.52. The molecule has 1 aromatic rings. The van der Waals surface area contributed by atoms with E-state index in [1.165, 1.54) is 11.1 Å². The summed E-state index contributed by atoms with van der Waals surface area (Å²) in [7, 11) is 1.69. The molecule has 1 aromatic carbocycles. The first-order chi connectivity index (χ1) is 8.61. The fourth-order valence-electron chi connectivity index (χ4n) is 1.69. The third-order valence-corrected chi connectivity index (χ3v) is 3.86. The van der Waals surface area contributed by atoms with Crippen LogP contribution >= 0.6 is 15.9 Å². The van der Waals surface area contributed by atoms with E-state index < -0.39 is 0 Å². The fourth-order valence-corrected chi connectivity index (χ4v) is 1.99. The zero-order chi connectivity index (χ0) is 13.0. The number of aryl methyl sites for hydroxylation is 1. The van der Waals surface area contributed by atoms with Gasteiger partial charge in [-0.1, -0.05) is 29.8 Å². The van der Waals surface area contributed by atoms with E-state index in [1.54, 1.807) is 7.11 Å². The Morgan fingerprint density at radius 1 is 1.28 bits per heavy atom. The topological polar surface area (TPSA) is 18.5 Å². The lowest BCUT2D eigenvalue weighted by atomic mass is 10.1. The maximum atomic E-state index is 5.74. The molecule has 2 nitrogen and oxygen atoms in total. The van der Waals surface area contributed by atoms with Gasteiger partial charge in [0.15, 0.2) is 0 Å². The molecule has 2 rings (SSSR count). The van der Waals surface area contributed by atoms with Crippen LogP contribution in [0.5, 0.6) is 0 Å². The van der Waals surface area contributed by atoms with E-state index in [1.807, 2.05) is 18.2 Å². The number of benzene rings is 1. The Balaban J connectivity index is 1.89. The highest BCUT2D eigenvalue weighted by Crippen LogP contribution is 2.30. The van der Waals surface area contributed by atoms with E-state index in [-0.39, 0.29) is 4.51 Å². The number of hydrogen-bond donors (Lipinski definition) is 0. The molecule has 0 aromatic heterocycles. The molecular weight excluding hydrogens is 292 g/mol. The zero-order valence-electron chi connectivity index (χ0n) is 10.7. The van der Waals surface area contributed by atoms with Crippen molar-refractivity contribution in [2.45, 2.75) is 24.5 Å². The molecule has 0 saturated carbocycles. The molecule has 0 bridgehead atoms. The number of halogens is 1. The monoisotopic (exact) mass is 308 g/mol. The molecule has 1 atom stereocenters. The zero-order valence-corrected chi connectivity index (χ0v) is 12.2. The first kappa shape index (κ1) is 13.4. The second-order valence-corrected chi connectivity index (χ2v) is 5.75. The molecule has 0 heterocycles. The summed E-state index contributed by atoms with van der Waals surface area (Å²) in [6.07, 6.45) is 6.71. The van der Waals surface area contributed by atoms with Crippen LogP contribution in [0, 0.1) is 6.92 Å². The molecule has 96 valence electrons. The van der Waals surface area contributed by atoms with Crippen molar-refractivity contribution in [3.05, 3.63) is 59.4 Å². The Morgan fingerprint density at radius 3 is 2.56 bits per heavy atom. The Bertz CT molecular complexity index is 462. The van der Waals surface area contributed by atoms with Crippen LogP contribution in [0.2, 0.25) is 0 Å². The number of ether oxygens (including phenoxy) is 2. The summed E-state index contributed by atoms with van der Waals surface area (Å²) in [6.45, 7) is 2.68. The maximum Gasteiger partial charge on any atom is 0.144 e. The number of alkyl halides is 1. The van der Waals surface area contributed by atoms with Crippen molar-refractivity contribution < 1.29 is 9.47 Å². The molecule has 0 saturated heterocycles. The summed E-state index contributed by atoms with van der Waals surface area (Å²) in [4.78, 5) is 0. The lowest BCUT2D eigenvalue weighted by Crippen LogP contribution is -2.21. The average Bonchev–Trinajstić information content (AvgIpc) is 2.40. The minimum atomic E-state index is -0.371. The Morgan fingerprint density at radius 2 is 2.00 bits per heavy atom. The summed E-state index contributed by atoms with van der Waals surface area (Å²) in [6, 6.07) is 8.37. The molecule has 1 aliphatic carbocycles. The molecule has 3 heteroatoms. The van der Waals surface area contributed by atoms with Gasteiger partial charge in [0.25, 0.3) is 0 Å². The van der Waals surface area contributed by atoms with E-state index in [9.17, 15) is 0 Å². The van der Waals surface area contributed by atoms with Crippen molar-refractivity contribution in [2.24, 2.45) is 0 Å². The summed E-state index contributed by atoms with van der Waals surface area (Å²) in [5.74, 6) is 0.891.